The van der Waals surface area contributed by atoms with Crippen LogP contribution < -0.4 is 10.9 Å². The summed E-state index contributed by atoms with van der Waals surface area (Å²) in [5.74, 6) is -1.13. The molecule has 4 rings (SSSR count). The van der Waals surface area contributed by atoms with Crippen molar-refractivity contribution in [1.29, 1.82) is 5.26 Å². The number of aromatic nitrogens is 2. The van der Waals surface area contributed by atoms with Gasteiger partial charge in [0.25, 0.3) is 11.5 Å². The summed E-state index contributed by atoms with van der Waals surface area (Å²) in [5, 5.41) is 18.8. The van der Waals surface area contributed by atoms with Crippen molar-refractivity contribution >= 4 is 11.8 Å². The summed E-state index contributed by atoms with van der Waals surface area (Å²) < 4.78 is 14.0. The first-order chi connectivity index (χ1) is 18.5. The van der Waals surface area contributed by atoms with Gasteiger partial charge in [0.1, 0.15) is 5.82 Å². The molecule has 0 aliphatic carbocycles. The van der Waals surface area contributed by atoms with Crippen LogP contribution in [0.1, 0.15) is 71.0 Å². The van der Waals surface area contributed by atoms with E-state index in [1.165, 1.54) is 12.1 Å². The van der Waals surface area contributed by atoms with Crippen molar-refractivity contribution in [3.63, 3.8) is 0 Å². The Kier molecular flexibility index (Phi) is 7.95. The predicted octanol–water partition coefficient (Wildman–Crippen LogP) is 4.13. The van der Waals surface area contributed by atoms with Gasteiger partial charge in [0.15, 0.2) is 0 Å². The molecule has 2 aromatic carbocycles. The monoisotopic (exact) mass is 529 g/mol. The molecular formula is C30H32FN5O3. The second-order valence-corrected chi connectivity index (χ2v) is 10.7. The van der Waals surface area contributed by atoms with Crippen molar-refractivity contribution in [1.82, 2.24) is 20.4 Å². The number of hydrogen-bond acceptors (Lipinski definition) is 5. The van der Waals surface area contributed by atoms with Gasteiger partial charge in [0.05, 0.1) is 35.8 Å². The molecule has 8 nitrogen and oxygen atoms in total. The highest BCUT2D eigenvalue weighted by Crippen LogP contribution is 2.43. The average molecular weight is 530 g/mol. The third kappa shape index (κ3) is 6.06. The minimum absolute atomic E-state index is 0.253. The zero-order valence-electron chi connectivity index (χ0n) is 22.5. The first-order valence-corrected chi connectivity index (χ1v) is 12.9. The van der Waals surface area contributed by atoms with E-state index in [0.29, 0.717) is 41.6 Å². The number of nitrogens with zero attached hydrogens (tertiary/aromatic N) is 3. The lowest BCUT2D eigenvalue weighted by Gasteiger charge is -2.36. The van der Waals surface area contributed by atoms with Crippen LogP contribution in [0.25, 0.3) is 0 Å². The molecule has 1 aliphatic heterocycles. The van der Waals surface area contributed by atoms with Crippen molar-refractivity contribution in [2.75, 3.05) is 6.54 Å². The zero-order chi connectivity index (χ0) is 28.3. The number of hydrogen-bond donors (Lipinski definition) is 2. The number of halogens is 1. The highest BCUT2D eigenvalue weighted by Gasteiger charge is 2.45. The van der Waals surface area contributed by atoms with Crippen LogP contribution >= 0.6 is 0 Å². The van der Waals surface area contributed by atoms with E-state index in [2.05, 4.69) is 21.6 Å². The summed E-state index contributed by atoms with van der Waals surface area (Å²) in [4.78, 5) is 40.2. The molecule has 2 N–H and O–H groups in total. The number of rotatable bonds is 7. The van der Waals surface area contributed by atoms with Crippen LogP contribution in [0.15, 0.2) is 53.3 Å². The van der Waals surface area contributed by atoms with Gasteiger partial charge < -0.3 is 10.2 Å². The van der Waals surface area contributed by atoms with E-state index in [4.69, 9.17) is 0 Å². The van der Waals surface area contributed by atoms with Crippen LogP contribution in [-0.4, -0.2) is 39.5 Å². The first-order valence-electron chi connectivity index (χ1n) is 12.9. The van der Waals surface area contributed by atoms with Gasteiger partial charge >= 0.3 is 0 Å². The smallest absolute Gasteiger partial charge is 0.267 e. The topological polar surface area (TPSA) is 119 Å². The zero-order valence-corrected chi connectivity index (χ0v) is 22.5. The van der Waals surface area contributed by atoms with Crippen LogP contribution in [0.4, 0.5) is 4.39 Å². The average Bonchev–Trinajstić information content (AvgIpc) is 3.37. The Balaban J connectivity index is 1.49. The third-order valence-electron chi connectivity index (χ3n) is 7.42. The molecule has 1 saturated heterocycles. The highest BCUT2D eigenvalue weighted by atomic mass is 19.1. The Morgan fingerprint density at radius 3 is 2.62 bits per heavy atom. The Hall–Kier alpha value is -4.32. The number of amides is 2. The number of aryl methyl sites for hydroxylation is 2. The summed E-state index contributed by atoms with van der Waals surface area (Å²) in [6, 6.07) is 14.6. The van der Waals surface area contributed by atoms with E-state index < -0.39 is 17.1 Å². The van der Waals surface area contributed by atoms with Gasteiger partial charge in [-0.25, -0.2) is 9.49 Å². The summed E-state index contributed by atoms with van der Waals surface area (Å²) >= 11 is 0. The quantitative estimate of drug-likeness (QED) is 0.477. The fourth-order valence-electron chi connectivity index (χ4n) is 5.26. The molecule has 0 radical (unpaired) electrons. The molecule has 3 aromatic rings. The molecule has 0 saturated carbocycles. The molecule has 2 atom stereocenters. The second kappa shape index (κ2) is 11.2. The van der Waals surface area contributed by atoms with Gasteiger partial charge in [-0.2, -0.15) is 10.4 Å². The number of aromatic amines is 1. The van der Waals surface area contributed by atoms with E-state index in [1.807, 2.05) is 6.92 Å². The second-order valence-electron chi connectivity index (χ2n) is 10.7. The minimum atomic E-state index is -0.816. The molecule has 2 heterocycles. The van der Waals surface area contributed by atoms with Gasteiger partial charge in [-0.15, -0.1) is 0 Å². The lowest BCUT2D eigenvalue weighted by atomic mass is 9.84. The molecule has 0 spiro atoms. The van der Waals surface area contributed by atoms with E-state index in [0.717, 1.165) is 11.1 Å². The Morgan fingerprint density at radius 1 is 1.15 bits per heavy atom. The molecule has 1 aliphatic rings. The molecule has 1 aromatic heterocycles. The maximum atomic E-state index is 14.0. The summed E-state index contributed by atoms with van der Waals surface area (Å²) in [6.07, 6.45) is 1.60. The molecule has 2 amide bonds. The lowest BCUT2D eigenvalue weighted by Crippen LogP contribution is -2.48. The summed E-state index contributed by atoms with van der Waals surface area (Å²) in [5.41, 5.74) is 3.02. The number of carbonyl (C=O) groups excluding carboxylic acids is 2. The van der Waals surface area contributed by atoms with Crippen molar-refractivity contribution in [2.45, 2.75) is 59.0 Å². The van der Waals surface area contributed by atoms with Gasteiger partial charge in [-0.1, -0.05) is 18.2 Å². The fourth-order valence-corrected chi connectivity index (χ4v) is 5.26. The van der Waals surface area contributed by atoms with Crippen LogP contribution in [0.5, 0.6) is 0 Å². The Bertz CT molecular complexity index is 1510. The maximum Gasteiger partial charge on any atom is 0.267 e. The molecule has 1 fully saturated rings. The number of H-pyrrole nitrogens is 1. The fraction of sp³-hybridized carbons (Fsp3) is 0.367. The van der Waals surface area contributed by atoms with Gasteiger partial charge in [-0.05, 0) is 87.6 Å². The van der Waals surface area contributed by atoms with Crippen LogP contribution in [0.3, 0.4) is 0 Å². The Morgan fingerprint density at radius 2 is 1.92 bits per heavy atom. The number of carbonyl (C=O) groups is 2. The molecular weight excluding hydrogens is 497 g/mol. The van der Waals surface area contributed by atoms with E-state index in [9.17, 15) is 24.0 Å². The van der Waals surface area contributed by atoms with Crippen LogP contribution in [0, 0.1) is 36.4 Å². The van der Waals surface area contributed by atoms with Crippen LogP contribution in [-0.2, 0) is 11.2 Å². The molecule has 1 unspecified atom stereocenters. The van der Waals surface area contributed by atoms with E-state index >= 15 is 0 Å². The van der Waals surface area contributed by atoms with Gasteiger partial charge in [0, 0.05) is 17.5 Å². The maximum absolute atomic E-state index is 14.0. The highest BCUT2D eigenvalue weighted by molar-refractivity contribution is 5.96. The third-order valence-corrected chi connectivity index (χ3v) is 7.42. The SMILES string of the molecule is Cc1cc(Cc2ccc(C(=O)NCC(=O)N3C(C(C)(C)C#N)CC[C@H]3c3cccc(F)c3)cc2C)c(=O)[nH]n1. The van der Waals surface area contributed by atoms with E-state index in [1.54, 1.807) is 62.1 Å². The summed E-state index contributed by atoms with van der Waals surface area (Å²) in [7, 11) is 0. The van der Waals surface area contributed by atoms with E-state index in [-0.39, 0.29) is 30.1 Å². The predicted molar refractivity (Wildman–Crippen MR) is 144 cm³/mol. The number of nitriles is 1. The molecule has 0 bridgehead atoms. The van der Waals surface area contributed by atoms with Crippen LogP contribution in [0.2, 0.25) is 0 Å². The van der Waals surface area contributed by atoms with Gasteiger partial charge in [-0.3, -0.25) is 14.4 Å². The standard InChI is InChI=1S/C30H32FN5O3/c1-18-12-22(9-8-20(18)14-23-13-19(2)34-35-29(23)39)28(38)33-16-27(37)36-25(21-6-5-7-24(31)15-21)10-11-26(36)30(3,4)17-32/h5-9,12-13,15,25-26H,10-11,14,16H2,1-4H3,(H,33,38)(H,35,39)/t25-,26?/m0/s1. The Labute approximate surface area is 226 Å². The summed E-state index contributed by atoms with van der Waals surface area (Å²) in [6.45, 7) is 6.98. The molecule has 202 valence electrons. The normalized spacial score (nSPS) is 17.1. The molecule has 39 heavy (non-hydrogen) atoms. The molecule has 9 heteroatoms. The largest absolute Gasteiger partial charge is 0.343 e. The number of likely N-dealkylation sites (tertiary alicyclic amines) is 1. The minimum Gasteiger partial charge on any atom is -0.343 e. The van der Waals surface area contributed by atoms with Crippen molar-refractivity contribution in [2.24, 2.45) is 5.41 Å². The van der Waals surface area contributed by atoms with Gasteiger partial charge in [0.2, 0.25) is 5.91 Å². The van der Waals surface area contributed by atoms with Crippen molar-refractivity contribution in [3.05, 3.63) is 98.2 Å². The number of nitrogens with one attached hydrogen (secondary N) is 2. The van der Waals surface area contributed by atoms with Crippen molar-refractivity contribution in [3.8, 4) is 6.07 Å². The van der Waals surface area contributed by atoms with Crippen molar-refractivity contribution < 1.29 is 14.0 Å². The lowest BCUT2D eigenvalue weighted by molar-refractivity contribution is -0.134. The number of benzene rings is 2. The first kappa shape index (κ1) is 27.7.